The number of hydrogen-bond acceptors (Lipinski definition) is 3. The van der Waals surface area contributed by atoms with Gasteiger partial charge in [-0.25, -0.2) is 9.59 Å². The number of rotatable bonds is 3. The third kappa shape index (κ3) is 3.99. The van der Waals surface area contributed by atoms with Gasteiger partial charge in [0.2, 0.25) is 0 Å². The molecule has 0 spiro atoms. The van der Waals surface area contributed by atoms with Gasteiger partial charge in [0.25, 0.3) is 0 Å². The van der Waals surface area contributed by atoms with Gasteiger partial charge in [-0.3, -0.25) is 0 Å². The molecule has 0 fully saturated rings. The van der Waals surface area contributed by atoms with Crippen molar-refractivity contribution in [3.63, 3.8) is 0 Å². The van der Waals surface area contributed by atoms with E-state index in [1.165, 1.54) is 7.11 Å². The molecule has 0 aromatic heterocycles. The average Bonchev–Trinajstić information content (AvgIpc) is 2.51. The molecule has 0 saturated carbocycles. The van der Waals surface area contributed by atoms with Crippen molar-refractivity contribution in [1.29, 1.82) is 0 Å². The Morgan fingerprint density at radius 2 is 1.73 bits per heavy atom. The highest BCUT2D eigenvalue weighted by Gasteiger charge is 2.08. The fourth-order valence-electron chi connectivity index (χ4n) is 1.82. The van der Waals surface area contributed by atoms with Crippen molar-refractivity contribution in [2.45, 2.75) is 6.92 Å². The van der Waals surface area contributed by atoms with Crippen molar-refractivity contribution < 1.29 is 14.3 Å². The Morgan fingerprint density at radius 3 is 2.36 bits per heavy atom. The fourth-order valence-corrected chi connectivity index (χ4v) is 1.99. The zero-order valence-electron chi connectivity index (χ0n) is 12.1. The number of nitrogens with one attached hydrogen (secondary N) is 2. The van der Waals surface area contributed by atoms with Gasteiger partial charge in [0.15, 0.2) is 0 Å². The first-order valence-corrected chi connectivity index (χ1v) is 6.90. The van der Waals surface area contributed by atoms with Gasteiger partial charge in [0, 0.05) is 16.4 Å². The second-order valence-corrected chi connectivity index (χ2v) is 5.04. The summed E-state index contributed by atoms with van der Waals surface area (Å²) in [5, 5.41) is 5.94. The maximum atomic E-state index is 12.0. The molecule has 0 aliphatic rings. The van der Waals surface area contributed by atoms with E-state index in [9.17, 15) is 9.59 Å². The minimum atomic E-state index is -0.425. The molecular formula is C16H15ClN2O3. The summed E-state index contributed by atoms with van der Waals surface area (Å²) in [6, 6.07) is 11.3. The molecule has 5 nitrogen and oxygen atoms in total. The molecule has 22 heavy (non-hydrogen) atoms. The lowest BCUT2D eigenvalue weighted by molar-refractivity contribution is 0.0601. The molecule has 0 bridgehead atoms. The summed E-state index contributed by atoms with van der Waals surface area (Å²) in [4.78, 5) is 23.3. The van der Waals surface area contributed by atoms with Gasteiger partial charge in [-0.05, 0) is 48.9 Å². The molecular weight excluding hydrogens is 304 g/mol. The molecule has 0 unspecified atom stereocenters. The number of anilines is 2. The number of ether oxygens (including phenoxy) is 1. The maximum absolute atomic E-state index is 12.0. The topological polar surface area (TPSA) is 67.4 Å². The van der Waals surface area contributed by atoms with Gasteiger partial charge >= 0.3 is 12.0 Å². The van der Waals surface area contributed by atoms with Crippen molar-refractivity contribution in [3.05, 3.63) is 58.6 Å². The predicted octanol–water partition coefficient (Wildman–Crippen LogP) is 4.08. The molecule has 0 saturated heterocycles. The summed E-state index contributed by atoms with van der Waals surface area (Å²) < 4.78 is 4.61. The molecule has 0 atom stereocenters. The van der Waals surface area contributed by atoms with E-state index in [1.54, 1.807) is 36.4 Å². The molecule has 2 aromatic carbocycles. The van der Waals surface area contributed by atoms with Gasteiger partial charge in [0.1, 0.15) is 0 Å². The first-order chi connectivity index (χ1) is 10.5. The molecule has 0 radical (unpaired) electrons. The molecule has 0 aliphatic carbocycles. The van der Waals surface area contributed by atoms with Gasteiger partial charge in [-0.1, -0.05) is 17.7 Å². The van der Waals surface area contributed by atoms with Crippen LogP contribution in [0.15, 0.2) is 42.5 Å². The van der Waals surface area contributed by atoms with Gasteiger partial charge in [0.05, 0.1) is 12.7 Å². The van der Waals surface area contributed by atoms with Crippen molar-refractivity contribution in [2.24, 2.45) is 0 Å². The number of carbonyl (C=O) groups excluding carboxylic acids is 2. The predicted molar refractivity (Wildman–Crippen MR) is 86.6 cm³/mol. The lowest BCUT2D eigenvalue weighted by Gasteiger charge is -2.10. The van der Waals surface area contributed by atoms with E-state index >= 15 is 0 Å². The summed E-state index contributed by atoms with van der Waals surface area (Å²) in [5.41, 5.74) is 2.51. The second kappa shape index (κ2) is 6.95. The van der Waals surface area contributed by atoms with E-state index in [2.05, 4.69) is 15.4 Å². The van der Waals surface area contributed by atoms with Crippen LogP contribution in [0.5, 0.6) is 0 Å². The van der Waals surface area contributed by atoms with Crippen LogP contribution in [-0.4, -0.2) is 19.1 Å². The largest absolute Gasteiger partial charge is 0.465 e. The molecule has 2 rings (SSSR count). The van der Waals surface area contributed by atoms with E-state index in [4.69, 9.17) is 11.6 Å². The molecule has 2 aromatic rings. The molecule has 2 amide bonds. The minimum absolute atomic E-state index is 0.392. The smallest absolute Gasteiger partial charge is 0.337 e. The summed E-state index contributed by atoms with van der Waals surface area (Å²) in [6.07, 6.45) is 0. The number of carbonyl (C=O) groups is 2. The number of aryl methyl sites for hydroxylation is 1. The van der Waals surface area contributed by atoms with Crippen LogP contribution in [0, 0.1) is 6.92 Å². The normalized spacial score (nSPS) is 9.95. The Morgan fingerprint density at radius 1 is 1.05 bits per heavy atom. The van der Waals surface area contributed by atoms with Crippen LogP contribution >= 0.6 is 11.6 Å². The first kappa shape index (κ1) is 15.9. The monoisotopic (exact) mass is 318 g/mol. The molecule has 6 heteroatoms. The van der Waals surface area contributed by atoms with E-state index in [1.807, 2.05) is 13.0 Å². The summed E-state index contributed by atoms with van der Waals surface area (Å²) >= 11 is 5.91. The Bertz CT molecular complexity index is 699. The van der Waals surface area contributed by atoms with Crippen molar-refractivity contribution in [3.8, 4) is 0 Å². The number of benzene rings is 2. The van der Waals surface area contributed by atoms with Gasteiger partial charge < -0.3 is 15.4 Å². The zero-order chi connectivity index (χ0) is 16.1. The number of halogens is 1. The Balaban J connectivity index is 2.03. The van der Waals surface area contributed by atoms with Crippen molar-refractivity contribution >= 4 is 35.0 Å². The van der Waals surface area contributed by atoms with E-state index < -0.39 is 12.0 Å². The van der Waals surface area contributed by atoms with Gasteiger partial charge in [-0.15, -0.1) is 0 Å². The van der Waals surface area contributed by atoms with Gasteiger partial charge in [-0.2, -0.15) is 0 Å². The molecule has 0 heterocycles. The SMILES string of the molecule is COC(=O)c1ccc(NC(=O)Nc2cc(Cl)ccc2C)cc1. The second-order valence-electron chi connectivity index (χ2n) is 4.61. The quantitative estimate of drug-likeness (QED) is 0.838. The third-order valence-electron chi connectivity index (χ3n) is 3.01. The first-order valence-electron chi connectivity index (χ1n) is 6.52. The van der Waals surface area contributed by atoms with Crippen LogP contribution in [-0.2, 0) is 4.74 Å². The van der Waals surface area contributed by atoms with Crippen LogP contribution in [0.2, 0.25) is 5.02 Å². The number of hydrogen-bond donors (Lipinski definition) is 2. The fraction of sp³-hybridized carbons (Fsp3) is 0.125. The number of methoxy groups -OCH3 is 1. The average molecular weight is 319 g/mol. The van der Waals surface area contributed by atoms with Crippen LogP contribution in [0.25, 0.3) is 0 Å². The molecule has 0 aliphatic heterocycles. The summed E-state index contributed by atoms with van der Waals surface area (Å²) in [6.45, 7) is 1.87. The van der Waals surface area contributed by atoms with E-state index in [-0.39, 0.29) is 0 Å². The van der Waals surface area contributed by atoms with Crippen LogP contribution < -0.4 is 10.6 Å². The Kier molecular flexibility index (Phi) is 5.01. The van der Waals surface area contributed by atoms with Crippen LogP contribution in [0.3, 0.4) is 0 Å². The lowest BCUT2D eigenvalue weighted by Crippen LogP contribution is -2.20. The number of amides is 2. The van der Waals surface area contributed by atoms with E-state index in [0.29, 0.717) is 22.0 Å². The number of esters is 1. The minimum Gasteiger partial charge on any atom is -0.465 e. The maximum Gasteiger partial charge on any atom is 0.337 e. The zero-order valence-corrected chi connectivity index (χ0v) is 12.9. The highest BCUT2D eigenvalue weighted by atomic mass is 35.5. The van der Waals surface area contributed by atoms with E-state index in [0.717, 1.165) is 5.56 Å². The summed E-state index contributed by atoms with van der Waals surface area (Å²) in [7, 11) is 1.31. The third-order valence-corrected chi connectivity index (χ3v) is 3.25. The Hall–Kier alpha value is -2.53. The Labute approximate surface area is 133 Å². The lowest BCUT2D eigenvalue weighted by atomic mass is 10.2. The number of urea groups is 1. The van der Waals surface area contributed by atoms with Crippen molar-refractivity contribution in [2.75, 3.05) is 17.7 Å². The highest BCUT2D eigenvalue weighted by molar-refractivity contribution is 6.31. The van der Waals surface area contributed by atoms with Crippen LogP contribution in [0.1, 0.15) is 15.9 Å². The standard InChI is InChI=1S/C16H15ClN2O3/c1-10-3-6-12(17)9-14(10)19-16(21)18-13-7-4-11(5-8-13)15(20)22-2/h3-9H,1-2H3,(H2,18,19,21). The molecule has 114 valence electrons. The molecule has 2 N–H and O–H groups in total. The van der Waals surface area contributed by atoms with Crippen molar-refractivity contribution in [1.82, 2.24) is 0 Å². The summed E-state index contributed by atoms with van der Waals surface area (Å²) in [5.74, 6) is -0.425. The van der Waals surface area contributed by atoms with Crippen LogP contribution in [0.4, 0.5) is 16.2 Å². The highest BCUT2D eigenvalue weighted by Crippen LogP contribution is 2.20.